The Morgan fingerprint density at radius 2 is 2.13 bits per heavy atom. The molecule has 0 bridgehead atoms. The van der Waals surface area contributed by atoms with E-state index in [4.69, 9.17) is 5.73 Å². The van der Waals surface area contributed by atoms with Gasteiger partial charge in [-0.15, -0.1) is 0 Å². The molecule has 1 aromatic carbocycles. The van der Waals surface area contributed by atoms with Crippen molar-refractivity contribution < 1.29 is 0 Å². The van der Waals surface area contributed by atoms with Crippen molar-refractivity contribution in [3.8, 4) is 0 Å². The van der Waals surface area contributed by atoms with Crippen LogP contribution in [0, 0.1) is 5.92 Å². The molecule has 3 N–H and O–H groups in total. The van der Waals surface area contributed by atoms with Crippen LogP contribution in [0.5, 0.6) is 0 Å². The second-order valence-corrected chi connectivity index (χ2v) is 4.44. The Bertz CT molecular complexity index is 297. The Labute approximate surface area is 91.9 Å². The maximum atomic E-state index is 6.10. The van der Waals surface area contributed by atoms with Gasteiger partial charge < -0.3 is 11.1 Å². The van der Waals surface area contributed by atoms with Crippen LogP contribution in [0.25, 0.3) is 0 Å². The summed E-state index contributed by atoms with van der Waals surface area (Å²) in [5.74, 6) is 0.896. The van der Waals surface area contributed by atoms with Gasteiger partial charge in [0, 0.05) is 18.6 Å². The van der Waals surface area contributed by atoms with Gasteiger partial charge in [-0.2, -0.15) is 0 Å². The fourth-order valence-electron chi connectivity index (χ4n) is 2.05. The molecular formula is C13H20N2. The normalized spacial score (nSPS) is 26.3. The van der Waals surface area contributed by atoms with E-state index in [0.29, 0.717) is 0 Å². The highest BCUT2D eigenvalue weighted by Gasteiger charge is 2.34. The molecule has 3 atom stereocenters. The van der Waals surface area contributed by atoms with Crippen LogP contribution in [-0.2, 0) is 0 Å². The minimum absolute atomic E-state index is 0.129. The van der Waals surface area contributed by atoms with Crippen molar-refractivity contribution in [1.82, 2.24) is 5.32 Å². The second kappa shape index (κ2) is 4.77. The molecule has 1 saturated carbocycles. The maximum absolute atomic E-state index is 6.10. The molecule has 2 rings (SSSR count). The molecule has 1 fully saturated rings. The number of hydrogen-bond donors (Lipinski definition) is 2. The summed E-state index contributed by atoms with van der Waals surface area (Å²) in [6, 6.07) is 11.2. The largest absolute Gasteiger partial charge is 0.323 e. The van der Waals surface area contributed by atoms with Crippen molar-refractivity contribution in [2.24, 2.45) is 11.7 Å². The molecule has 2 heteroatoms. The third-order valence-corrected chi connectivity index (χ3v) is 3.27. The SMILES string of the molecule is CCC1CC1NCC(N)c1ccccc1. The smallest absolute Gasteiger partial charge is 0.0421 e. The van der Waals surface area contributed by atoms with Crippen LogP contribution < -0.4 is 11.1 Å². The number of hydrogen-bond acceptors (Lipinski definition) is 2. The molecule has 0 spiro atoms. The van der Waals surface area contributed by atoms with Gasteiger partial charge in [0.15, 0.2) is 0 Å². The fraction of sp³-hybridized carbons (Fsp3) is 0.538. The second-order valence-electron chi connectivity index (χ2n) is 4.44. The molecule has 3 unspecified atom stereocenters. The molecule has 1 aromatic rings. The molecule has 15 heavy (non-hydrogen) atoms. The van der Waals surface area contributed by atoms with E-state index in [9.17, 15) is 0 Å². The summed E-state index contributed by atoms with van der Waals surface area (Å²) in [5, 5.41) is 3.53. The van der Waals surface area contributed by atoms with Crippen molar-refractivity contribution in [3.63, 3.8) is 0 Å². The van der Waals surface area contributed by atoms with Gasteiger partial charge >= 0.3 is 0 Å². The molecule has 0 aromatic heterocycles. The molecular weight excluding hydrogens is 184 g/mol. The predicted octanol–water partition coefficient (Wildman–Crippen LogP) is 2.07. The lowest BCUT2D eigenvalue weighted by molar-refractivity contribution is 0.566. The average Bonchev–Trinajstić information content (AvgIpc) is 3.06. The van der Waals surface area contributed by atoms with Gasteiger partial charge in [-0.3, -0.25) is 0 Å². The van der Waals surface area contributed by atoms with Gasteiger partial charge in [-0.25, -0.2) is 0 Å². The van der Waals surface area contributed by atoms with Gasteiger partial charge in [0.25, 0.3) is 0 Å². The van der Waals surface area contributed by atoms with E-state index in [-0.39, 0.29) is 6.04 Å². The van der Waals surface area contributed by atoms with Gasteiger partial charge in [0.2, 0.25) is 0 Å². The van der Waals surface area contributed by atoms with Crippen molar-refractivity contribution in [2.75, 3.05) is 6.54 Å². The lowest BCUT2D eigenvalue weighted by Gasteiger charge is -2.12. The molecule has 1 aliphatic carbocycles. The highest BCUT2D eigenvalue weighted by atomic mass is 15.0. The van der Waals surface area contributed by atoms with Gasteiger partial charge in [-0.05, 0) is 17.9 Å². The monoisotopic (exact) mass is 204 g/mol. The van der Waals surface area contributed by atoms with E-state index in [1.165, 1.54) is 18.4 Å². The third-order valence-electron chi connectivity index (χ3n) is 3.27. The van der Waals surface area contributed by atoms with Crippen molar-refractivity contribution in [1.29, 1.82) is 0 Å². The molecule has 82 valence electrons. The van der Waals surface area contributed by atoms with Crippen LogP contribution in [-0.4, -0.2) is 12.6 Å². The zero-order valence-corrected chi connectivity index (χ0v) is 9.32. The standard InChI is InChI=1S/C13H20N2/c1-2-10-8-13(10)15-9-12(14)11-6-4-3-5-7-11/h3-7,10,12-13,15H,2,8-9,14H2,1H3. The number of nitrogens with two attached hydrogens (primary N) is 1. The van der Waals surface area contributed by atoms with E-state index in [1.807, 2.05) is 18.2 Å². The zero-order valence-electron chi connectivity index (χ0n) is 9.32. The molecule has 0 amide bonds. The number of rotatable bonds is 5. The molecule has 0 radical (unpaired) electrons. The molecule has 1 aliphatic rings. The average molecular weight is 204 g/mol. The van der Waals surface area contributed by atoms with Crippen molar-refractivity contribution in [3.05, 3.63) is 35.9 Å². The van der Waals surface area contributed by atoms with Crippen LogP contribution in [0.2, 0.25) is 0 Å². The van der Waals surface area contributed by atoms with Crippen LogP contribution in [0.3, 0.4) is 0 Å². The first kappa shape index (κ1) is 10.7. The Hall–Kier alpha value is -0.860. The zero-order chi connectivity index (χ0) is 10.7. The molecule has 2 nitrogen and oxygen atoms in total. The maximum Gasteiger partial charge on any atom is 0.0421 e. The van der Waals surface area contributed by atoms with Crippen LogP contribution in [0.15, 0.2) is 30.3 Å². The molecule has 0 heterocycles. The first-order valence-electron chi connectivity index (χ1n) is 5.85. The summed E-state index contributed by atoms with van der Waals surface area (Å²) in [5.41, 5.74) is 7.32. The molecule has 0 aliphatic heterocycles. The summed E-state index contributed by atoms with van der Waals surface area (Å²) >= 11 is 0. The Morgan fingerprint density at radius 3 is 2.73 bits per heavy atom. The van der Waals surface area contributed by atoms with E-state index in [1.54, 1.807) is 0 Å². The summed E-state index contributed by atoms with van der Waals surface area (Å²) in [6.07, 6.45) is 2.62. The topological polar surface area (TPSA) is 38.0 Å². The predicted molar refractivity (Wildman–Crippen MR) is 63.6 cm³/mol. The Balaban J connectivity index is 1.76. The summed E-state index contributed by atoms with van der Waals surface area (Å²) in [4.78, 5) is 0. The highest BCUT2D eigenvalue weighted by Crippen LogP contribution is 2.33. The number of nitrogens with one attached hydrogen (secondary N) is 1. The van der Waals surface area contributed by atoms with Crippen LogP contribution in [0.1, 0.15) is 31.4 Å². The van der Waals surface area contributed by atoms with Crippen molar-refractivity contribution >= 4 is 0 Å². The lowest BCUT2D eigenvalue weighted by Crippen LogP contribution is -2.29. The van der Waals surface area contributed by atoms with Crippen LogP contribution in [0.4, 0.5) is 0 Å². The quantitative estimate of drug-likeness (QED) is 0.770. The summed E-state index contributed by atoms with van der Waals surface area (Å²) in [6.45, 7) is 3.15. The van der Waals surface area contributed by atoms with Gasteiger partial charge in [0.1, 0.15) is 0 Å². The lowest BCUT2D eigenvalue weighted by atomic mass is 10.1. The summed E-state index contributed by atoms with van der Waals surface area (Å²) < 4.78 is 0. The van der Waals surface area contributed by atoms with E-state index >= 15 is 0 Å². The minimum Gasteiger partial charge on any atom is -0.323 e. The van der Waals surface area contributed by atoms with E-state index in [2.05, 4.69) is 24.4 Å². The Kier molecular flexibility index (Phi) is 3.39. The highest BCUT2D eigenvalue weighted by molar-refractivity contribution is 5.18. The third kappa shape index (κ3) is 2.80. The fourth-order valence-corrected chi connectivity index (χ4v) is 2.05. The number of benzene rings is 1. The first-order chi connectivity index (χ1) is 7.31. The minimum atomic E-state index is 0.129. The Morgan fingerprint density at radius 1 is 1.40 bits per heavy atom. The molecule has 0 saturated heterocycles. The van der Waals surface area contributed by atoms with E-state index < -0.39 is 0 Å². The summed E-state index contributed by atoms with van der Waals surface area (Å²) in [7, 11) is 0. The van der Waals surface area contributed by atoms with Crippen molar-refractivity contribution in [2.45, 2.75) is 31.8 Å². The van der Waals surface area contributed by atoms with Crippen LogP contribution >= 0.6 is 0 Å². The first-order valence-corrected chi connectivity index (χ1v) is 5.85. The van der Waals surface area contributed by atoms with Gasteiger partial charge in [-0.1, -0.05) is 43.7 Å². The van der Waals surface area contributed by atoms with Gasteiger partial charge in [0.05, 0.1) is 0 Å². The van der Waals surface area contributed by atoms with E-state index in [0.717, 1.165) is 18.5 Å².